The second-order valence-corrected chi connectivity index (χ2v) is 3.46. The lowest BCUT2D eigenvalue weighted by Gasteiger charge is -2.41. The van der Waals surface area contributed by atoms with Crippen molar-refractivity contribution in [3.63, 3.8) is 0 Å². The van der Waals surface area contributed by atoms with Crippen molar-refractivity contribution in [2.75, 3.05) is 0 Å². The molecule has 0 aromatic heterocycles. The molecule has 0 spiro atoms. The summed E-state index contributed by atoms with van der Waals surface area (Å²) in [6.07, 6.45) is 5.44. The molecule has 1 heterocycles. The molecule has 0 aromatic carbocycles. The number of carbonyl (C=O) groups is 1. The van der Waals surface area contributed by atoms with E-state index in [1.165, 1.54) is 12.8 Å². The van der Waals surface area contributed by atoms with Crippen LogP contribution in [0.2, 0.25) is 0 Å². The van der Waals surface area contributed by atoms with Crippen molar-refractivity contribution in [3.8, 4) is 0 Å². The van der Waals surface area contributed by atoms with Crippen LogP contribution in [-0.2, 0) is 4.79 Å². The van der Waals surface area contributed by atoms with Gasteiger partial charge < -0.3 is 5.32 Å². The van der Waals surface area contributed by atoms with Crippen LogP contribution in [0.3, 0.4) is 0 Å². The molecule has 2 nitrogen and oxygen atoms in total. The fraction of sp³-hybridized carbons (Fsp3) is 0.889. The zero-order chi connectivity index (χ0) is 8.32. The fourth-order valence-electron chi connectivity index (χ4n) is 1.64. The van der Waals surface area contributed by atoms with Crippen molar-refractivity contribution >= 4 is 5.91 Å². The van der Waals surface area contributed by atoms with E-state index in [9.17, 15) is 4.79 Å². The molecular formula is C9H17NO. The number of amides is 1. The maximum absolute atomic E-state index is 10.7. The van der Waals surface area contributed by atoms with E-state index in [4.69, 9.17) is 0 Å². The molecule has 1 fully saturated rings. The van der Waals surface area contributed by atoms with Crippen molar-refractivity contribution in [2.45, 2.75) is 51.5 Å². The molecule has 0 radical (unpaired) electrons. The van der Waals surface area contributed by atoms with Gasteiger partial charge in [0.25, 0.3) is 0 Å². The van der Waals surface area contributed by atoms with Crippen LogP contribution in [0.1, 0.15) is 46.0 Å². The maximum Gasteiger partial charge on any atom is 0.222 e. The fourth-order valence-corrected chi connectivity index (χ4v) is 1.64. The lowest BCUT2D eigenvalue weighted by atomic mass is 9.80. The van der Waals surface area contributed by atoms with Crippen LogP contribution in [0.15, 0.2) is 0 Å². The van der Waals surface area contributed by atoms with Gasteiger partial charge in [-0.2, -0.15) is 0 Å². The zero-order valence-corrected chi connectivity index (χ0v) is 7.44. The molecule has 1 amide bonds. The lowest BCUT2D eigenvalue weighted by Crippen LogP contribution is -2.60. The summed E-state index contributed by atoms with van der Waals surface area (Å²) in [7, 11) is 0. The summed E-state index contributed by atoms with van der Waals surface area (Å²) >= 11 is 0. The van der Waals surface area contributed by atoms with Crippen molar-refractivity contribution in [1.82, 2.24) is 5.32 Å². The third kappa shape index (κ3) is 1.73. The van der Waals surface area contributed by atoms with Gasteiger partial charge in [-0.15, -0.1) is 0 Å². The van der Waals surface area contributed by atoms with Gasteiger partial charge in [-0.05, 0) is 12.8 Å². The average molecular weight is 155 g/mol. The minimum Gasteiger partial charge on any atom is -0.350 e. The Labute approximate surface area is 68.4 Å². The van der Waals surface area contributed by atoms with E-state index in [1.54, 1.807) is 0 Å². The van der Waals surface area contributed by atoms with E-state index in [2.05, 4.69) is 19.2 Å². The monoisotopic (exact) mass is 155 g/mol. The normalized spacial score (nSPS) is 29.5. The molecule has 1 atom stereocenters. The number of nitrogens with one attached hydrogen (secondary N) is 1. The Kier molecular flexibility index (Phi) is 2.53. The van der Waals surface area contributed by atoms with E-state index < -0.39 is 0 Å². The molecular weight excluding hydrogens is 138 g/mol. The quantitative estimate of drug-likeness (QED) is 0.617. The first-order valence-electron chi connectivity index (χ1n) is 4.53. The number of hydrogen-bond donors (Lipinski definition) is 1. The number of hydrogen-bond acceptors (Lipinski definition) is 1. The van der Waals surface area contributed by atoms with Gasteiger partial charge in [0.2, 0.25) is 5.91 Å². The van der Waals surface area contributed by atoms with Gasteiger partial charge >= 0.3 is 0 Å². The molecule has 0 saturated carbocycles. The largest absolute Gasteiger partial charge is 0.350 e. The highest BCUT2D eigenvalue weighted by Gasteiger charge is 2.39. The number of unbranched alkanes of at least 4 members (excludes halogenated alkanes) is 1. The molecule has 1 rings (SSSR count). The summed E-state index contributed by atoms with van der Waals surface area (Å²) in [6, 6.07) is 0. The minimum absolute atomic E-state index is 0.188. The van der Waals surface area contributed by atoms with Crippen LogP contribution < -0.4 is 5.32 Å². The SMILES string of the molecule is CCCCC1(CC)CC(=O)N1. The highest BCUT2D eigenvalue weighted by atomic mass is 16.2. The predicted octanol–water partition coefficient (Wildman–Crippen LogP) is 1.85. The first kappa shape index (κ1) is 8.57. The molecule has 2 heteroatoms. The maximum atomic E-state index is 10.7. The summed E-state index contributed by atoms with van der Waals surface area (Å²) in [4.78, 5) is 10.7. The Hall–Kier alpha value is -0.530. The zero-order valence-electron chi connectivity index (χ0n) is 7.44. The van der Waals surface area contributed by atoms with Crippen LogP contribution in [0.25, 0.3) is 0 Å². The molecule has 1 unspecified atom stereocenters. The summed E-state index contributed by atoms with van der Waals surface area (Å²) in [6.45, 7) is 4.33. The minimum atomic E-state index is 0.188. The van der Waals surface area contributed by atoms with Crippen molar-refractivity contribution in [3.05, 3.63) is 0 Å². The molecule has 1 aliphatic rings. The Morgan fingerprint density at radius 3 is 2.55 bits per heavy atom. The van der Waals surface area contributed by atoms with Gasteiger partial charge in [-0.1, -0.05) is 26.7 Å². The third-order valence-electron chi connectivity index (χ3n) is 2.59. The number of rotatable bonds is 4. The molecule has 0 bridgehead atoms. The predicted molar refractivity (Wildman–Crippen MR) is 45.3 cm³/mol. The first-order valence-corrected chi connectivity index (χ1v) is 4.53. The molecule has 1 N–H and O–H groups in total. The summed E-state index contributed by atoms with van der Waals surface area (Å²) in [5, 5.41) is 3.00. The Balaban J connectivity index is 2.31. The van der Waals surface area contributed by atoms with Crippen molar-refractivity contribution in [1.29, 1.82) is 0 Å². The Morgan fingerprint density at radius 1 is 1.55 bits per heavy atom. The van der Waals surface area contributed by atoms with Crippen LogP contribution in [-0.4, -0.2) is 11.4 Å². The number of carbonyl (C=O) groups excluding carboxylic acids is 1. The highest BCUT2D eigenvalue weighted by molar-refractivity contribution is 5.84. The van der Waals surface area contributed by atoms with E-state index in [0.29, 0.717) is 0 Å². The molecule has 1 saturated heterocycles. The van der Waals surface area contributed by atoms with E-state index in [1.807, 2.05) is 0 Å². The Bertz CT molecular complexity index is 146. The smallest absolute Gasteiger partial charge is 0.222 e. The second kappa shape index (κ2) is 3.24. The van der Waals surface area contributed by atoms with Gasteiger partial charge in [0.05, 0.1) is 0 Å². The van der Waals surface area contributed by atoms with Gasteiger partial charge in [0.15, 0.2) is 0 Å². The number of β-lactam (4-membered cyclic amide) rings is 1. The molecule has 0 aromatic rings. The second-order valence-electron chi connectivity index (χ2n) is 3.46. The summed E-state index contributed by atoms with van der Waals surface area (Å²) < 4.78 is 0. The standard InChI is InChI=1S/C9H17NO/c1-3-5-6-9(4-2)7-8(11)10-9/h3-7H2,1-2H3,(H,10,11). The van der Waals surface area contributed by atoms with Gasteiger partial charge in [-0.25, -0.2) is 0 Å². The molecule has 0 aliphatic carbocycles. The summed E-state index contributed by atoms with van der Waals surface area (Å²) in [5.41, 5.74) is 0.188. The van der Waals surface area contributed by atoms with Gasteiger partial charge in [-0.3, -0.25) is 4.79 Å². The van der Waals surface area contributed by atoms with Crippen LogP contribution >= 0.6 is 0 Å². The van der Waals surface area contributed by atoms with Crippen LogP contribution in [0.5, 0.6) is 0 Å². The van der Waals surface area contributed by atoms with Crippen LogP contribution in [0.4, 0.5) is 0 Å². The molecule has 11 heavy (non-hydrogen) atoms. The first-order chi connectivity index (χ1) is 5.22. The molecule has 64 valence electrons. The topological polar surface area (TPSA) is 29.1 Å². The van der Waals surface area contributed by atoms with E-state index in [-0.39, 0.29) is 11.4 Å². The van der Waals surface area contributed by atoms with Gasteiger partial charge in [0.1, 0.15) is 0 Å². The van der Waals surface area contributed by atoms with E-state index in [0.717, 1.165) is 19.3 Å². The summed E-state index contributed by atoms with van der Waals surface area (Å²) in [5.74, 6) is 0.225. The van der Waals surface area contributed by atoms with E-state index >= 15 is 0 Å². The highest BCUT2D eigenvalue weighted by Crippen LogP contribution is 2.29. The third-order valence-corrected chi connectivity index (χ3v) is 2.59. The van der Waals surface area contributed by atoms with Crippen LogP contribution in [0, 0.1) is 0 Å². The Morgan fingerprint density at radius 2 is 2.18 bits per heavy atom. The van der Waals surface area contributed by atoms with Crippen molar-refractivity contribution in [2.24, 2.45) is 0 Å². The van der Waals surface area contributed by atoms with Crippen molar-refractivity contribution < 1.29 is 4.79 Å². The lowest BCUT2D eigenvalue weighted by molar-refractivity contribution is -0.133. The average Bonchev–Trinajstić information content (AvgIpc) is 1.96. The molecule has 1 aliphatic heterocycles. The van der Waals surface area contributed by atoms with Gasteiger partial charge in [0, 0.05) is 12.0 Å².